The molecule has 8 atom stereocenters. The Morgan fingerprint density at radius 1 is 1.32 bits per heavy atom. The van der Waals surface area contributed by atoms with Gasteiger partial charge in [-0.05, 0) is 30.8 Å². The normalized spacial score (nSPS) is 23.3. The molecule has 4 rings (SSSR count). The molecule has 1 fully saturated rings. The molecule has 0 amide bonds. The predicted molar refractivity (Wildman–Crippen MR) is 140 cm³/mol. The van der Waals surface area contributed by atoms with E-state index in [1.54, 1.807) is 4.44 Å². The third kappa shape index (κ3) is 5.61. The first-order valence-corrected chi connectivity index (χ1v) is 12.4. The lowest BCUT2D eigenvalue weighted by Gasteiger charge is -2.29. The van der Waals surface area contributed by atoms with Gasteiger partial charge < -0.3 is 28.9 Å². The fourth-order valence-electron chi connectivity index (χ4n) is 3.88. The lowest BCUT2D eigenvalue weighted by molar-refractivity contribution is -0.215. The van der Waals surface area contributed by atoms with Crippen LogP contribution in [0.1, 0.15) is 17.5 Å². The molecule has 3 heterocycles. The van der Waals surface area contributed by atoms with E-state index in [1.807, 2.05) is 30.3 Å². The minimum absolute atomic E-state index is 0.210. The van der Waals surface area contributed by atoms with E-state index in [2.05, 4.69) is 67.9 Å². The summed E-state index contributed by atoms with van der Waals surface area (Å²) < 4.78 is 13.5. The number of benzene rings is 1. The fraction of sp³-hybridized carbons (Fsp3) is 0.368. The molecule has 1 aromatic carbocycles. The summed E-state index contributed by atoms with van der Waals surface area (Å²) in [5, 5.41) is 22.2. The fourth-order valence-corrected chi connectivity index (χ4v) is 4.76. The van der Waals surface area contributed by atoms with Gasteiger partial charge in [0.2, 0.25) is 0 Å². The third-order valence-corrected chi connectivity index (χ3v) is 6.69. The van der Waals surface area contributed by atoms with Crippen molar-refractivity contribution in [2.24, 2.45) is 0 Å². The minimum atomic E-state index is -0.634. The monoisotopic (exact) mass is 540 g/mol. The maximum atomic E-state index is 12.2. The second-order valence-electron chi connectivity index (χ2n) is 7.72. The first-order chi connectivity index (χ1) is 16.4. The molecule has 1 aliphatic rings. The van der Waals surface area contributed by atoms with Crippen LogP contribution in [0.25, 0.3) is 11.2 Å². The van der Waals surface area contributed by atoms with E-state index in [4.69, 9.17) is 9.26 Å². The van der Waals surface area contributed by atoms with Crippen LogP contribution in [-0.2, 0) is 15.7 Å². The molecule has 7 unspecified atom stereocenters. The molecule has 15 heteroatoms. The standard InChI is InChI=1S/C19H27N7O4P4/c27-7-11-12(25-24-10(19(28)31)6-9-4-2-1-3-5-9)14(30-34)15(29-11)17-22-13-16(23-17)20-8-21-18(13)26(32)33/h1-5,8,10-12,14-15,24-25,27-28,31H,6-7,32-34H2,(H,20,21,22,23)/p-1/t10-,11?,12?,14?,15?/m1/s1. The predicted octanol–water partition coefficient (Wildman–Crippen LogP) is 0.0541. The van der Waals surface area contributed by atoms with E-state index in [0.29, 0.717) is 29.2 Å². The van der Waals surface area contributed by atoms with Gasteiger partial charge in [-0.2, -0.15) is 0 Å². The van der Waals surface area contributed by atoms with Gasteiger partial charge in [-0.25, -0.2) is 20.4 Å². The average Bonchev–Trinajstić information content (AvgIpc) is 3.42. The van der Waals surface area contributed by atoms with Crippen LogP contribution >= 0.6 is 37.1 Å². The van der Waals surface area contributed by atoms with Crippen molar-refractivity contribution >= 4 is 59.6 Å². The van der Waals surface area contributed by atoms with Gasteiger partial charge in [0, 0.05) is 15.5 Å². The molecule has 2 aromatic heterocycles. The van der Waals surface area contributed by atoms with Gasteiger partial charge in [0.1, 0.15) is 36.0 Å². The van der Waals surface area contributed by atoms with Crippen LogP contribution in [0.15, 0.2) is 36.7 Å². The van der Waals surface area contributed by atoms with Gasteiger partial charge in [-0.1, -0.05) is 30.3 Å². The number of fused-ring (bicyclic) bond motifs is 1. The van der Waals surface area contributed by atoms with Crippen molar-refractivity contribution in [1.82, 2.24) is 30.8 Å². The van der Waals surface area contributed by atoms with Crippen LogP contribution in [0.2, 0.25) is 0 Å². The summed E-state index contributed by atoms with van der Waals surface area (Å²) in [5.41, 5.74) is 8.11. The average molecular weight is 540 g/mol. The Bertz CT molecular complexity index is 1120. The Kier molecular flexibility index (Phi) is 8.89. The molecule has 1 saturated heterocycles. The number of hydrazine groups is 1. The Balaban J connectivity index is 1.54. The molecule has 34 heavy (non-hydrogen) atoms. The van der Waals surface area contributed by atoms with Crippen molar-refractivity contribution < 1.29 is 19.5 Å². The van der Waals surface area contributed by atoms with Crippen LogP contribution < -0.4 is 20.4 Å². The van der Waals surface area contributed by atoms with Crippen LogP contribution in [0.5, 0.6) is 0 Å². The molecule has 0 radical (unpaired) electrons. The molecule has 11 nitrogen and oxygen atoms in total. The summed E-state index contributed by atoms with van der Waals surface area (Å²) in [4.78, 5) is 16.3. The summed E-state index contributed by atoms with van der Waals surface area (Å²) in [6.45, 7) is -0.262. The molecular formula is C19H26N7O4P4-. The number of H-pyrrole nitrogens is 1. The minimum Gasteiger partial charge on any atom is -0.826 e. The molecule has 0 aliphatic carbocycles. The van der Waals surface area contributed by atoms with Crippen molar-refractivity contribution in [3.05, 3.63) is 48.0 Å². The molecule has 182 valence electrons. The van der Waals surface area contributed by atoms with Crippen molar-refractivity contribution in [2.45, 2.75) is 36.8 Å². The van der Waals surface area contributed by atoms with Gasteiger partial charge in [0.15, 0.2) is 11.5 Å². The first-order valence-electron chi connectivity index (χ1n) is 10.3. The highest BCUT2D eigenvalue weighted by Gasteiger charge is 2.47. The molecule has 1 aliphatic heterocycles. The zero-order chi connectivity index (χ0) is 24.2. The number of nitrogens with zero attached hydrogens (tertiary/aromatic N) is 4. The summed E-state index contributed by atoms with van der Waals surface area (Å²) in [7, 11) is 10.4. The number of aliphatic hydroxyl groups is 1. The maximum Gasteiger partial charge on any atom is 0.183 e. The lowest BCUT2D eigenvalue weighted by Crippen LogP contribution is -2.58. The number of aromatic nitrogens is 4. The Labute approximate surface area is 205 Å². The highest BCUT2D eigenvalue weighted by atomic mass is 31.1. The third-order valence-electron chi connectivity index (χ3n) is 5.54. The van der Waals surface area contributed by atoms with Gasteiger partial charge in [-0.3, -0.25) is 5.43 Å². The number of hydrogen-bond donors (Lipinski definition) is 4. The maximum absolute atomic E-state index is 12.2. The zero-order valence-electron chi connectivity index (χ0n) is 18.0. The Morgan fingerprint density at radius 2 is 2.09 bits per heavy atom. The van der Waals surface area contributed by atoms with Gasteiger partial charge >= 0.3 is 0 Å². The van der Waals surface area contributed by atoms with E-state index in [9.17, 15) is 10.2 Å². The quantitative estimate of drug-likeness (QED) is 0.206. The summed E-state index contributed by atoms with van der Waals surface area (Å²) >= 11 is 0. The van der Waals surface area contributed by atoms with E-state index in [1.165, 1.54) is 6.33 Å². The van der Waals surface area contributed by atoms with Crippen LogP contribution in [0.3, 0.4) is 0 Å². The van der Waals surface area contributed by atoms with Gasteiger partial charge in [0.25, 0.3) is 0 Å². The molecular weight excluding hydrogens is 514 g/mol. The second kappa shape index (κ2) is 11.7. The van der Waals surface area contributed by atoms with E-state index >= 15 is 0 Å². The van der Waals surface area contributed by atoms with Gasteiger partial charge in [-0.15, -0.1) is 14.3 Å². The Hall–Kier alpha value is -1.21. The lowest BCUT2D eigenvalue weighted by atomic mass is 10.0. The van der Waals surface area contributed by atoms with E-state index < -0.39 is 30.4 Å². The molecule has 3 aromatic rings. The van der Waals surface area contributed by atoms with Crippen molar-refractivity contribution in [1.29, 1.82) is 0 Å². The number of nitrogens with one attached hydrogen (secondary N) is 3. The van der Waals surface area contributed by atoms with Crippen LogP contribution in [0.4, 0.5) is 5.82 Å². The summed E-state index contributed by atoms with van der Waals surface area (Å²) in [5.74, 6) is 1.11. The van der Waals surface area contributed by atoms with Crippen LogP contribution in [0, 0.1) is 0 Å². The molecule has 0 spiro atoms. The highest BCUT2D eigenvalue weighted by molar-refractivity contribution is 7.39. The number of hydrogen-bond acceptors (Lipinski definition) is 10. The van der Waals surface area contributed by atoms with E-state index in [0.717, 1.165) is 5.56 Å². The number of ether oxygens (including phenoxy) is 1. The topological polar surface area (TPSA) is 144 Å². The second-order valence-corrected chi connectivity index (χ2v) is 10.2. The van der Waals surface area contributed by atoms with Gasteiger partial charge in [0.05, 0.1) is 12.6 Å². The number of imidazole rings is 1. The number of aliphatic hydroxyl groups excluding tert-OH is 1. The zero-order valence-corrected chi connectivity index (χ0v) is 22.4. The number of anilines is 1. The number of rotatable bonds is 10. The number of aromatic amines is 1. The van der Waals surface area contributed by atoms with Crippen molar-refractivity contribution in [2.75, 3.05) is 11.0 Å². The Morgan fingerprint density at radius 3 is 2.74 bits per heavy atom. The highest BCUT2D eigenvalue weighted by Crippen LogP contribution is 2.37. The smallest absolute Gasteiger partial charge is 0.183 e. The summed E-state index contributed by atoms with van der Waals surface area (Å²) in [6.07, 6.45) is 0.0814. The van der Waals surface area contributed by atoms with E-state index in [-0.39, 0.29) is 12.1 Å². The SMILES string of the molecule is [O-]C(=P)[C@@H](Cc1ccccc1)NNC1C(CO)OC(c2nc3ncnc(N(P)P)c3[nH]2)C1OP. The van der Waals surface area contributed by atoms with Crippen LogP contribution in [-0.4, -0.2) is 61.4 Å². The van der Waals surface area contributed by atoms with Crippen molar-refractivity contribution in [3.8, 4) is 0 Å². The summed E-state index contributed by atoms with van der Waals surface area (Å²) in [6, 6.07) is 8.62. The molecule has 4 N–H and O–H groups in total. The largest absolute Gasteiger partial charge is 0.826 e. The first kappa shape index (κ1) is 25.9. The van der Waals surface area contributed by atoms with Crippen molar-refractivity contribution in [3.63, 3.8) is 0 Å². The molecule has 0 bridgehead atoms. The molecule has 0 saturated carbocycles.